The van der Waals surface area contributed by atoms with Crippen LogP contribution in [0.3, 0.4) is 0 Å². The van der Waals surface area contributed by atoms with Crippen molar-refractivity contribution < 1.29 is 17.9 Å². The molecule has 1 atom stereocenters. The molecule has 0 bridgehead atoms. The highest BCUT2D eigenvalue weighted by atomic mass is 32.2. The molecule has 4 N–H and O–H groups in total. The molecule has 1 unspecified atom stereocenters. The van der Waals surface area contributed by atoms with E-state index in [0.29, 0.717) is 5.69 Å². The molecule has 0 spiro atoms. The molecule has 146 valence electrons. The minimum absolute atomic E-state index is 0.0843. The molecule has 2 rings (SSSR count). The van der Waals surface area contributed by atoms with Crippen LogP contribution < -0.4 is 15.8 Å². The molecule has 0 saturated heterocycles. The van der Waals surface area contributed by atoms with Crippen molar-refractivity contribution in [2.24, 2.45) is 5.73 Å². The predicted octanol–water partition coefficient (Wildman–Crippen LogP) is 1.99. The van der Waals surface area contributed by atoms with Crippen molar-refractivity contribution in [3.8, 4) is 0 Å². The summed E-state index contributed by atoms with van der Waals surface area (Å²) in [6.45, 7) is 2.10. The van der Waals surface area contributed by atoms with E-state index >= 15 is 0 Å². The first kappa shape index (κ1) is 20.8. The molecule has 1 saturated carbocycles. The Morgan fingerprint density at radius 1 is 1.27 bits per heavy atom. The van der Waals surface area contributed by atoms with Gasteiger partial charge in [-0.05, 0) is 38.0 Å². The van der Waals surface area contributed by atoms with Crippen LogP contribution in [-0.4, -0.2) is 39.6 Å². The summed E-state index contributed by atoms with van der Waals surface area (Å²) in [5.41, 5.74) is 5.75. The fourth-order valence-corrected chi connectivity index (χ4v) is 4.08. The average molecular weight is 384 g/mol. The van der Waals surface area contributed by atoms with Crippen LogP contribution in [-0.2, 0) is 19.6 Å². The van der Waals surface area contributed by atoms with Gasteiger partial charge in [0.25, 0.3) is 5.91 Å². The second-order valence-electron chi connectivity index (χ2n) is 6.60. The summed E-state index contributed by atoms with van der Waals surface area (Å²) in [7, 11) is -3.64. The van der Waals surface area contributed by atoms with Gasteiger partial charge in [-0.3, -0.25) is 4.79 Å². The average Bonchev–Trinajstić information content (AvgIpc) is 2.89. The highest BCUT2D eigenvalue weighted by Gasteiger charge is 2.21. The number of benzene rings is 1. The van der Waals surface area contributed by atoms with E-state index in [9.17, 15) is 13.2 Å². The van der Waals surface area contributed by atoms with E-state index in [0.717, 1.165) is 25.7 Å². The van der Waals surface area contributed by atoms with Gasteiger partial charge in [0, 0.05) is 18.8 Å². The van der Waals surface area contributed by atoms with Crippen LogP contribution in [0.4, 0.5) is 5.69 Å². The lowest BCUT2D eigenvalue weighted by atomic mass is 10.1. The predicted molar refractivity (Wildman–Crippen MR) is 101 cm³/mol. The summed E-state index contributed by atoms with van der Waals surface area (Å²) >= 11 is 0. The Kier molecular flexibility index (Phi) is 8.02. The number of sulfonamides is 1. The minimum Gasteiger partial charge on any atom is -0.365 e. The van der Waals surface area contributed by atoms with Gasteiger partial charge in [-0.15, -0.1) is 0 Å². The quantitative estimate of drug-likeness (QED) is 0.595. The van der Waals surface area contributed by atoms with Gasteiger partial charge in [0.1, 0.15) is 6.10 Å². The van der Waals surface area contributed by atoms with E-state index in [1.165, 1.54) is 25.0 Å². The first-order chi connectivity index (χ1) is 12.4. The third kappa shape index (κ3) is 6.35. The number of ether oxygens (including phenoxy) is 1. The summed E-state index contributed by atoms with van der Waals surface area (Å²) in [4.78, 5) is 12.5. The Labute approximate surface area is 155 Å². The van der Waals surface area contributed by atoms with Crippen molar-refractivity contribution in [3.05, 3.63) is 24.3 Å². The lowest BCUT2D eigenvalue weighted by Crippen LogP contribution is -2.32. The molecule has 26 heavy (non-hydrogen) atoms. The standard InChI is InChI=1S/C18H29N3O4S/c1-14(25-16-8-4-2-3-5-9-16)18(22)21-15-7-6-10-17(13-15)26(23,24)20-12-11-19/h6-7,10,13-14,16,20H,2-5,8-9,11-12,19H2,1H3,(H,21,22). The number of hydrogen-bond acceptors (Lipinski definition) is 5. The zero-order valence-corrected chi connectivity index (χ0v) is 16.1. The van der Waals surface area contributed by atoms with Crippen molar-refractivity contribution in [1.29, 1.82) is 0 Å². The third-order valence-electron chi connectivity index (χ3n) is 4.42. The van der Waals surface area contributed by atoms with E-state index < -0.39 is 16.1 Å². The number of nitrogens with one attached hydrogen (secondary N) is 2. The third-order valence-corrected chi connectivity index (χ3v) is 5.87. The molecule has 1 aliphatic carbocycles. The summed E-state index contributed by atoms with van der Waals surface area (Å²) in [5.74, 6) is -0.279. The summed E-state index contributed by atoms with van der Waals surface area (Å²) in [6, 6.07) is 6.14. The van der Waals surface area contributed by atoms with Crippen LogP contribution in [0.2, 0.25) is 0 Å². The van der Waals surface area contributed by atoms with Crippen molar-refractivity contribution in [3.63, 3.8) is 0 Å². The molecule has 0 aliphatic heterocycles. The summed E-state index contributed by atoms with van der Waals surface area (Å²) < 4.78 is 32.6. The molecule has 1 amide bonds. The maximum Gasteiger partial charge on any atom is 0.253 e. The van der Waals surface area contributed by atoms with Crippen molar-refractivity contribution in [1.82, 2.24) is 4.72 Å². The molecular weight excluding hydrogens is 354 g/mol. The van der Waals surface area contributed by atoms with Crippen LogP contribution in [0.25, 0.3) is 0 Å². The molecule has 0 heterocycles. The van der Waals surface area contributed by atoms with Crippen LogP contribution >= 0.6 is 0 Å². The number of carbonyl (C=O) groups excluding carboxylic acids is 1. The SMILES string of the molecule is CC(OC1CCCCCC1)C(=O)Nc1cccc(S(=O)(=O)NCCN)c1. The monoisotopic (exact) mass is 383 g/mol. The lowest BCUT2D eigenvalue weighted by Gasteiger charge is -2.20. The summed E-state index contributed by atoms with van der Waals surface area (Å²) in [5, 5.41) is 2.73. The minimum atomic E-state index is -3.64. The Hall–Kier alpha value is -1.48. The van der Waals surface area contributed by atoms with E-state index in [4.69, 9.17) is 10.5 Å². The molecular formula is C18H29N3O4S. The number of anilines is 1. The molecule has 1 aromatic rings. The highest BCUT2D eigenvalue weighted by Crippen LogP contribution is 2.21. The van der Waals surface area contributed by atoms with Crippen LogP contribution in [0.1, 0.15) is 45.4 Å². The normalized spacial score (nSPS) is 17.5. The van der Waals surface area contributed by atoms with Gasteiger partial charge in [0.15, 0.2) is 0 Å². The molecule has 7 nitrogen and oxygen atoms in total. The number of nitrogens with two attached hydrogens (primary N) is 1. The second-order valence-corrected chi connectivity index (χ2v) is 8.36. The van der Waals surface area contributed by atoms with E-state index in [-0.39, 0.29) is 30.0 Å². The Morgan fingerprint density at radius 2 is 1.96 bits per heavy atom. The molecule has 8 heteroatoms. The second kappa shape index (κ2) is 10.0. The van der Waals surface area contributed by atoms with Crippen molar-refractivity contribution >= 4 is 21.6 Å². The van der Waals surface area contributed by atoms with E-state index in [1.807, 2.05) is 0 Å². The fraction of sp³-hybridized carbons (Fsp3) is 0.611. The molecule has 1 aromatic carbocycles. The summed E-state index contributed by atoms with van der Waals surface area (Å²) in [6.07, 6.45) is 6.21. The van der Waals surface area contributed by atoms with Gasteiger partial charge in [-0.1, -0.05) is 31.7 Å². The molecule has 0 aromatic heterocycles. The Balaban J connectivity index is 1.96. The fourth-order valence-electron chi connectivity index (χ4n) is 2.99. The number of carbonyl (C=O) groups is 1. The molecule has 0 radical (unpaired) electrons. The van der Waals surface area contributed by atoms with Gasteiger partial charge < -0.3 is 15.8 Å². The lowest BCUT2D eigenvalue weighted by molar-refractivity contribution is -0.130. The smallest absolute Gasteiger partial charge is 0.253 e. The van der Waals surface area contributed by atoms with E-state index in [2.05, 4.69) is 10.0 Å². The van der Waals surface area contributed by atoms with Gasteiger partial charge in [-0.25, -0.2) is 13.1 Å². The van der Waals surface area contributed by atoms with Crippen LogP contribution in [0.5, 0.6) is 0 Å². The van der Waals surface area contributed by atoms with Gasteiger partial charge >= 0.3 is 0 Å². The number of amides is 1. The Bertz CT molecular complexity index is 685. The van der Waals surface area contributed by atoms with Crippen LogP contribution in [0.15, 0.2) is 29.2 Å². The first-order valence-electron chi connectivity index (χ1n) is 9.18. The molecule has 1 fully saturated rings. The van der Waals surface area contributed by atoms with Gasteiger partial charge in [-0.2, -0.15) is 0 Å². The van der Waals surface area contributed by atoms with Crippen LogP contribution in [0, 0.1) is 0 Å². The number of rotatable bonds is 8. The van der Waals surface area contributed by atoms with Crippen molar-refractivity contribution in [2.75, 3.05) is 18.4 Å². The maximum absolute atomic E-state index is 12.4. The Morgan fingerprint density at radius 3 is 2.62 bits per heavy atom. The van der Waals surface area contributed by atoms with Crippen molar-refractivity contribution in [2.45, 2.75) is 62.6 Å². The van der Waals surface area contributed by atoms with Gasteiger partial charge in [0.2, 0.25) is 10.0 Å². The largest absolute Gasteiger partial charge is 0.365 e. The maximum atomic E-state index is 12.4. The zero-order valence-electron chi connectivity index (χ0n) is 15.2. The zero-order chi connectivity index (χ0) is 19.0. The topological polar surface area (TPSA) is 111 Å². The van der Waals surface area contributed by atoms with Gasteiger partial charge in [0.05, 0.1) is 11.0 Å². The first-order valence-corrected chi connectivity index (χ1v) is 10.7. The molecule has 1 aliphatic rings. The highest BCUT2D eigenvalue weighted by molar-refractivity contribution is 7.89. The number of hydrogen-bond donors (Lipinski definition) is 3. The van der Waals surface area contributed by atoms with E-state index in [1.54, 1.807) is 19.1 Å².